The van der Waals surface area contributed by atoms with Crippen molar-refractivity contribution in [3.05, 3.63) is 94.5 Å². The molecule has 0 atom stereocenters. The number of fused-ring (bicyclic) bond motifs is 1. The van der Waals surface area contributed by atoms with Crippen molar-refractivity contribution in [1.82, 2.24) is 5.32 Å². The minimum absolute atomic E-state index is 0.0180. The highest BCUT2D eigenvalue weighted by atomic mass is 16.5. The van der Waals surface area contributed by atoms with Crippen LogP contribution in [0, 0.1) is 6.92 Å². The number of ether oxygens (including phenoxy) is 1. The molecule has 3 aromatic rings. The van der Waals surface area contributed by atoms with E-state index in [0.717, 1.165) is 34.5 Å². The molecule has 0 unspecified atom stereocenters. The fourth-order valence-corrected chi connectivity index (χ4v) is 3.79. The summed E-state index contributed by atoms with van der Waals surface area (Å²) in [6.45, 7) is 3.12. The van der Waals surface area contributed by atoms with E-state index in [1.165, 1.54) is 5.56 Å². The van der Waals surface area contributed by atoms with E-state index in [1.807, 2.05) is 48.2 Å². The Labute approximate surface area is 182 Å². The van der Waals surface area contributed by atoms with Crippen LogP contribution in [-0.2, 0) is 24.2 Å². The number of benzene rings is 3. The third-order valence-corrected chi connectivity index (χ3v) is 5.60. The normalized spacial score (nSPS) is 12.4. The topological polar surface area (TPSA) is 58.6 Å². The van der Waals surface area contributed by atoms with Crippen LogP contribution in [0.1, 0.15) is 32.6 Å². The molecule has 1 N–H and O–H groups in total. The average Bonchev–Trinajstić information content (AvgIpc) is 3.22. The van der Waals surface area contributed by atoms with Gasteiger partial charge in [-0.2, -0.15) is 0 Å². The molecule has 0 fully saturated rings. The maximum absolute atomic E-state index is 13.0. The fraction of sp³-hybridized carbons (Fsp3) is 0.231. The molecule has 1 heterocycles. The molecule has 0 saturated carbocycles. The Bertz CT molecular complexity index is 1090. The molecule has 1 aliphatic heterocycles. The second kappa shape index (κ2) is 9.04. The standard InChI is InChI=1S/C26H26N2O3/c1-18-3-5-19(6-4-18)16-25(29)27-17-20-7-8-21-13-14-28(24(21)15-20)26(30)22-9-11-23(31-2)12-10-22/h3-12,15H,13-14,16-17H2,1-2H3,(H,27,29). The third-order valence-electron chi connectivity index (χ3n) is 5.60. The Morgan fingerprint density at radius 2 is 1.68 bits per heavy atom. The highest BCUT2D eigenvalue weighted by Gasteiger charge is 2.25. The number of rotatable bonds is 6. The molecule has 5 nitrogen and oxygen atoms in total. The van der Waals surface area contributed by atoms with E-state index < -0.39 is 0 Å². The molecule has 4 rings (SSSR count). The quantitative estimate of drug-likeness (QED) is 0.662. The summed E-state index contributed by atoms with van der Waals surface area (Å²) < 4.78 is 5.18. The molecular formula is C26H26N2O3. The Kier molecular flexibility index (Phi) is 6.03. The van der Waals surface area contributed by atoms with Crippen molar-refractivity contribution in [2.75, 3.05) is 18.6 Å². The number of hydrogen-bond donors (Lipinski definition) is 1. The van der Waals surface area contributed by atoms with Crippen LogP contribution >= 0.6 is 0 Å². The van der Waals surface area contributed by atoms with Crippen molar-refractivity contribution >= 4 is 17.5 Å². The lowest BCUT2D eigenvalue weighted by atomic mass is 10.1. The number of aryl methyl sites for hydroxylation is 1. The van der Waals surface area contributed by atoms with Gasteiger partial charge in [-0.3, -0.25) is 9.59 Å². The summed E-state index contributed by atoms with van der Waals surface area (Å²) in [5.41, 5.74) is 5.85. The Morgan fingerprint density at radius 1 is 0.968 bits per heavy atom. The number of carbonyl (C=O) groups excluding carboxylic acids is 2. The SMILES string of the molecule is COc1ccc(C(=O)N2CCc3ccc(CNC(=O)Cc4ccc(C)cc4)cc32)cc1. The average molecular weight is 415 g/mol. The van der Waals surface area contributed by atoms with Crippen molar-refractivity contribution in [2.45, 2.75) is 26.3 Å². The van der Waals surface area contributed by atoms with Gasteiger partial charge in [0.2, 0.25) is 5.91 Å². The molecule has 3 aromatic carbocycles. The van der Waals surface area contributed by atoms with Crippen LogP contribution in [0.3, 0.4) is 0 Å². The molecule has 0 radical (unpaired) electrons. The second-order valence-electron chi connectivity index (χ2n) is 7.84. The van der Waals surface area contributed by atoms with E-state index >= 15 is 0 Å². The maximum atomic E-state index is 13.0. The van der Waals surface area contributed by atoms with Crippen molar-refractivity contribution < 1.29 is 14.3 Å². The van der Waals surface area contributed by atoms with E-state index in [1.54, 1.807) is 31.4 Å². The van der Waals surface area contributed by atoms with Gasteiger partial charge in [0.25, 0.3) is 5.91 Å². The van der Waals surface area contributed by atoms with Crippen LogP contribution in [0.5, 0.6) is 5.75 Å². The zero-order valence-electron chi connectivity index (χ0n) is 17.9. The third kappa shape index (κ3) is 4.77. The smallest absolute Gasteiger partial charge is 0.258 e. The van der Waals surface area contributed by atoms with Gasteiger partial charge in [-0.1, -0.05) is 42.0 Å². The predicted molar refractivity (Wildman–Crippen MR) is 122 cm³/mol. The Balaban J connectivity index is 1.42. The first-order chi connectivity index (χ1) is 15.0. The molecule has 0 aromatic heterocycles. The van der Waals surface area contributed by atoms with Crippen LogP contribution in [0.25, 0.3) is 0 Å². The monoisotopic (exact) mass is 414 g/mol. The van der Waals surface area contributed by atoms with Crippen LogP contribution < -0.4 is 15.0 Å². The number of methoxy groups -OCH3 is 1. The summed E-state index contributed by atoms with van der Waals surface area (Å²) in [7, 11) is 1.61. The predicted octanol–water partition coefficient (Wildman–Crippen LogP) is 4.07. The maximum Gasteiger partial charge on any atom is 0.258 e. The zero-order chi connectivity index (χ0) is 21.8. The number of hydrogen-bond acceptors (Lipinski definition) is 3. The Morgan fingerprint density at radius 3 is 2.39 bits per heavy atom. The lowest BCUT2D eigenvalue weighted by Gasteiger charge is -2.18. The van der Waals surface area contributed by atoms with Gasteiger partial charge in [-0.25, -0.2) is 0 Å². The number of carbonyl (C=O) groups is 2. The van der Waals surface area contributed by atoms with Gasteiger partial charge in [0, 0.05) is 24.3 Å². The minimum Gasteiger partial charge on any atom is -0.497 e. The van der Waals surface area contributed by atoms with E-state index in [-0.39, 0.29) is 11.8 Å². The van der Waals surface area contributed by atoms with Crippen LogP contribution in [-0.4, -0.2) is 25.5 Å². The minimum atomic E-state index is -0.0260. The lowest BCUT2D eigenvalue weighted by Crippen LogP contribution is -2.29. The van der Waals surface area contributed by atoms with Crippen LogP contribution in [0.2, 0.25) is 0 Å². The molecule has 0 saturated heterocycles. The molecule has 0 aliphatic carbocycles. The largest absolute Gasteiger partial charge is 0.497 e. The van der Waals surface area contributed by atoms with Gasteiger partial charge >= 0.3 is 0 Å². The number of nitrogens with zero attached hydrogens (tertiary/aromatic N) is 1. The van der Waals surface area contributed by atoms with Crippen LogP contribution in [0.4, 0.5) is 5.69 Å². The summed E-state index contributed by atoms with van der Waals surface area (Å²) in [5.74, 6) is 0.680. The molecule has 158 valence electrons. The summed E-state index contributed by atoms with van der Waals surface area (Å²) in [5, 5.41) is 2.99. The second-order valence-corrected chi connectivity index (χ2v) is 7.84. The first kappa shape index (κ1) is 20.7. The highest BCUT2D eigenvalue weighted by Crippen LogP contribution is 2.30. The van der Waals surface area contributed by atoms with Crippen molar-refractivity contribution in [3.8, 4) is 5.75 Å². The number of amides is 2. The van der Waals surface area contributed by atoms with Gasteiger partial charge in [0.05, 0.1) is 13.5 Å². The first-order valence-electron chi connectivity index (χ1n) is 10.4. The van der Waals surface area contributed by atoms with E-state index in [4.69, 9.17) is 4.74 Å². The highest BCUT2D eigenvalue weighted by molar-refractivity contribution is 6.07. The number of nitrogens with one attached hydrogen (secondary N) is 1. The summed E-state index contributed by atoms with van der Waals surface area (Å²) >= 11 is 0. The van der Waals surface area contributed by atoms with Gasteiger partial charge in [0.1, 0.15) is 5.75 Å². The fourth-order valence-electron chi connectivity index (χ4n) is 3.79. The van der Waals surface area contributed by atoms with E-state index in [9.17, 15) is 9.59 Å². The number of anilines is 1. The Hall–Kier alpha value is -3.60. The van der Waals surface area contributed by atoms with E-state index in [2.05, 4.69) is 11.4 Å². The molecule has 31 heavy (non-hydrogen) atoms. The lowest BCUT2D eigenvalue weighted by molar-refractivity contribution is -0.120. The summed E-state index contributed by atoms with van der Waals surface area (Å²) in [6.07, 6.45) is 1.19. The van der Waals surface area contributed by atoms with Gasteiger partial charge in [-0.15, -0.1) is 0 Å². The van der Waals surface area contributed by atoms with Gasteiger partial charge < -0.3 is 15.0 Å². The van der Waals surface area contributed by atoms with Crippen LogP contribution in [0.15, 0.2) is 66.7 Å². The molecule has 2 amide bonds. The molecule has 0 spiro atoms. The van der Waals surface area contributed by atoms with E-state index in [0.29, 0.717) is 25.1 Å². The molecule has 5 heteroatoms. The first-order valence-corrected chi connectivity index (χ1v) is 10.4. The van der Waals surface area contributed by atoms with Crippen molar-refractivity contribution in [2.24, 2.45) is 0 Å². The summed E-state index contributed by atoms with van der Waals surface area (Å²) in [6, 6.07) is 21.2. The van der Waals surface area contributed by atoms with Crippen molar-refractivity contribution in [3.63, 3.8) is 0 Å². The summed E-state index contributed by atoms with van der Waals surface area (Å²) in [4.78, 5) is 27.2. The van der Waals surface area contributed by atoms with Gasteiger partial charge in [0.15, 0.2) is 0 Å². The van der Waals surface area contributed by atoms with Crippen molar-refractivity contribution in [1.29, 1.82) is 0 Å². The molecule has 0 bridgehead atoms. The zero-order valence-corrected chi connectivity index (χ0v) is 17.9. The van der Waals surface area contributed by atoms with Gasteiger partial charge in [-0.05, 0) is 60.4 Å². The molecule has 1 aliphatic rings. The molecular weight excluding hydrogens is 388 g/mol.